The minimum absolute atomic E-state index is 0.126. The summed E-state index contributed by atoms with van der Waals surface area (Å²) in [6, 6.07) is 3.99. The van der Waals surface area contributed by atoms with Gasteiger partial charge in [0.05, 0.1) is 13.5 Å². The zero-order valence-corrected chi connectivity index (χ0v) is 10.7. The molecule has 0 spiro atoms. The zero-order chi connectivity index (χ0) is 13.9. The topological polar surface area (TPSA) is 72.5 Å². The van der Waals surface area contributed by atoms with Gasteiger partial charge >= 0.3 is 5.97 Å². The van der Waals surface area contributed by atoms with Crippen molar-refractivity contribution < 1.29 is 19.0 Å². The Bertz CT molecular complexity index is 448. The lowest BCUT2D eigenvalue weighted by Crippen LogP contribution is -2.42. The van der Waals surface area contributed by atoms with Crippen LogP contribution in [0.1, 0.15) is 25.8 Å². The molecule has 0 amide bonds. The van der Waals surface area contributed by atoms with Gasteiger partial charge in [0.15, 0.2) is 11.6 Å². The Morgan fingerprint density at radius 1 is 1.61 bits per heavy atom. The van der Waals surface area contributed by atoms with Crippen LogP contribution < -0.4 is 10.5 Å². The molecule has 0 aliphatic rings. The first-order valence-corrected chi connectivity index (χ1v) is 5.62. The molecule has 0 aromatic heterocycles. The van der Waals surface area contributed by atoms with Crippen LogP contribution in [0.4, 0.5) is 4.39 Å². The number of carbonyl (C=O) groups is 1. The second-order valence-electron chi connectivity index (χ2n) is 4.63. The van der Waals surface area contributed by atoms with Gasteiger partial charge in [-0.15, -0.1) is 0 Å². The van der Waals surface area contributed by atoms with Crippen molar-refractivity contribution in [3.8, 4) is 5.75 Å². The van der Waals surface area contributed by atoms with E-state index in [1.807, 2.05) is 0 Å². The number of ether oxygens (including phenoxy) is 1. The normalized spacial score (nSPS) is 15.8. The number of hydrogen-bond donors (Lipinski definition) is 2. The van der Waals surface area contributed by atoms with Gasteiger partial charge in [0.2, 0.25) is 0 Å². The molecule has 1 aromatic rings. The van der Waals surface area contributed by atoms with Gasteiger partial charge in [-0.25, -0.2) is 4.39 Å². The van der Waals surface area contributed by atoms with Gasteiger partial charge < -0.3 is 15.6 Å². The predicted octanol–water partition coefficient (Wildman–Crippen LogP) is 1.91. The van der Waals surface area contributed by atoms with E-state index in [1.54, 1.807) is 19.9 Å². The van der Waals surface area contributed by atoms with Crippen LogP contribution >= 0.6 is 0 Å². The summed E-state index contributed by atoms with van der Waals surface area (Å²) in [4.78, 5) is 10.9. The third-order valence-electron chi connectivity index (χ3n) is 3.33. The first-order valence-electron chi connectivity index (χ1n) is 5.62. The minimum atomic E-state index is -0.967. The number of halogens is 1. The van der Waals surface area contributed by atoms with Crippen LogP contribution in [0.5, 0.6) is 5.75 Å². The zero-order valence-electron chi connectivity index (χ0n) is 10.7. The Balaban J connectivity index is 3.22. The standard InChI is InChI=1S/C13H18FNO3/c1-8(15)13(2,7-12(16)17)9-4-5-11(18-3)10(14)6-9/h4-6,8H,7,15H2,1-3H3,(H,16,17). The first kappa shape index (κ1) is 14.4. The fourth-order valence-corrected chi connectivity index (χ4v) is 1.86. The molecular formula is C13H18FNO3. The summed E-state index contributed by atoms with van der Waals surface area (Å²) in [5.74, 6) is -1.36. The van der Waals surface area contributed by atoms with Crippen LogP contribution in [0.3, 0.4) is 0 Å². The van der Waals surface area contributed by atoms with Crippen molar-refractivity contribution in [3.05, 3.63) is 29.6 Å². The highest BCUT2D eigenvalue weighted by molar-refractivity contribution is 5.69. The van der Waals surface area contributed by atoms with Crippen molar-refractivity contribution in [2.24, 2.45) is 5.73 Å². The molecule has 0 fully saturated rings. The van der Waals surface area contributed by atoms with Crippen LogP contribution in [0.25, 0.3) is 0 Å². The molecule has 1 aromatic carbocycles. The van der Waals surface area contributed by atoms with Gasteiger partial charge in [0, 0.05) is 11.5 Å². The fourth-order valence-electron chi connectivity index (χ4n) is 1.86. The molecule has 0 bridgehead atoms. The van der Waals surface area contributed by atoms with Gasteiger partial charge in [-0.05, 0) is 24.6 Å². The second-order valence-corrected chi connectivity index (χ2v) is 4.63. The third-order valence-corrected chi connectivity index (χ3v) is 3.33. The van der Waals surface area contributed by atoms with Crippen molar-refractivity contribution in [2.45, 2.75) is 31.7 Å². The number of benzene rings is 1. The lowest BCUT2D eigenvalue weighted by Gasteiger charge is -2.32. The van der Waals surface area contributed by atoms with Gasteiger partial charge in [-0.1, -0.05) is 13.0 Å². The Morgan fingerprint density at radius 2 is 2.22 bits per heavy atom. The summed E-state index contributed by atoms with van der Waals surface area (Å²) in [5, 5.41) is 8.96. The minimum Gasteiger partial charge on any atom is -0.494 e. The summed E-state index contributed by atoms with van der Waals surface area (Å²) >= 11 is 0. The molecule has 0 aliphatic carbocycles. The molecule has 0 heterocycles. The molecule has 1 rings (SSSR count). The van der Waals surface area contributed by atoms with Crippen LogP contribution in [-0.2, 0) is 10.2 Å². The highest BCUT2D eigenvalue weighted by atomic mass is 19.1. The molecule has 0 saturated carbocycles. The van der Waals surface area contributed by atoms with Crippen molar-refractivity contribution >= 4 is 5.97 Å². The monoisotopic (exact) mass is 255 g/mol. The highest BCUT2D eigenvalue weighted by Crippen LogP contribution is 2.33. The van der Waals surface area contributed by atoms with Crippen molar-refractivity contribution in [2.75, 3.05) is 7.11 Å². The highest BCUT2D eigenvalue weighted by Gasteiger charge is 2.34. The average molecular weight is 255 g/mol. The maximum atomic E-state index is 13.7. The van der Waals surface area contributed by atoms with Crippen LogP contribution in [0.2, 0.25) is 0 Å². The van der Waals surface area contributed by atoms with Crippen LogP contribution in [0.15, 0.2) is 18.2 Å². The van der Waals surface area contributed by atoms with Gasteiger partial charge in [-0.2, -0.15) is 0 Å². The maximum Gasteiger partial charge on any atom is 0.304 e. The van der Waals surface area contributed by atoms with Crippen molar-refractivity contribution in [1.29, 1.82) is 0 Å². The van der Waals surface area contributed by atoms with Gasteiger partial charge in [0.25, 0.3) is 0 Å². The van der Waals surface area contributed by atoms with Gasteiger partial charge in [-0.3, -0.25) is 4.79 Å². The van der Waals surface area contributed by atoms with E-state index in [4.69, 9.17) is 15.6 Å². The first-order chi connectivity index (χ1) is 8.31. The van der Waals surface area contributed by atoms with Crippen molar-refractivity contribution in [1.82, 2.24) is 0 Å². The molecule has 0 aliphatic heterocycles. The van der Waals surface area contributed by atoms with E-state index in [-0.39, 0.29) is 12.2 Å². The van der Waals surface area contributed by atoms with E-state index >= 15 is 0 Å². The smallest absolute Gasteiger partial charge is 0.304 e. The average Bonchev–Trinajstić information content (AvgIpc) is 2.27. The number of rotatable bonds is 5. The summed E-state index contributed by atoms with van der Waals surface area (Å²) in [5.41, 5.74) is 5.59. The summed E-state index contributed by atoms with van der Waals surface area (Å²) in [7, 11) is 1.38. The number of aliphatic carboxylic acids is 1. The van der Waals surface area contributed by atoms with Crippen molar-refractivity contribution in [3.63, 3.8) is 0 Å². The van der Waals surface area contributed by atoms with E-state index in [2.05, 4.69) is 0 Å². The Hall–Kier alpha value is -1.62. The molecule has 0 radical (unpaired) electrons. The number of carboxylic acids is 1. The quantitative estimate of drug-likeness (QED) is 0.843. The summed E-state index contributed by atoms with van der Waals surface area (Å²) in [6.07, 6.45) is -0.156. The third kappa shape index (κ3) is 2.79. The number of hydrogen-bond acceptors (Lipinski definition) is 3. The summed E-state index contributed by atoms with van der Waals surface area (Å²) < 4.78 is 18.5. The number of methoxy groups -OCH3 is 1. The van der Waals surface area contributed by atoms with E-state index < -0.39 is 23.2 Å². The van der Waals surface area contributed by atoms with Gasteiger partial charge in [0.1, 0.15) is 0 Å². The van der Waals surface area contributed by atoms with E-state index in [0.29, 0.717) is 5.56 Å². The lowest BCUT2D eigenvalue weighted by molar-refractivity contribution is -0.138. The Labute approximate surface area is 106 Å². The van der Waals surface area contributed by atoms with E-state index in [1.165, 1.54) is 19.2 Å². The number of carboxylic acid groups (broad SMARTS) is 1. The molecule has 2 unspecified atom stereocenters. The molecule has 100 valence electrons. The Morgan fingerprint density at radius 3 is 2.61 bits per heavy atom. The molecule has 3 N–H and O–H groups in total. The molecule has 4 nitrogen and oxygen atoms in total. The molecule has 18 heavy (non-hydrogen) atoms. The van der Waals surface area contributed by atoms with E-state index in [0.717, 1.165) is 0 Å². The predicted molar refractivity (Wildman–Crippen MR) is 66.2 cm³/mol. The molecule has 2 atom stereocenters. The maximum absolute atomic E-state index is 13.7. The molecule has 0 saturated heterocycles. The van der Waals surface area contributed by atoms with E-state index in [9.17, 15) is 9.18 Å². The van der Waals surface area contributed by atoms with Crippen LogP contribution in [0, 0.1) is 5.82 Å². The molecule has 5 heteroatoms. The summed E-state index contributed by atoms with van der Waals surface area (Å²) in [6.45, 7) is 3.43. The number of nitrogens with two attached hydrogens (primary N) is 1. The Kier molecular flexibility index (Phi) is 4.29. The SMILES string of the molecule is COc1ccc(C(C)(CC(=O)O)C(C)N)cc1F. The second kappa shape index (κ2) is 5.35. The lowest BCUT2D eigenvalue weighted by atomic mass is 9.74. The molecular weight excluding hydrogens is 237 g/mol. The largest absolute Gasteiger partial charge is 0.494 e. The fraction of sp³-hybridized carbons (Fsp3) is 0.462. The van der Waals surface area contributed by atoms with Crippen LogP contribution in [-0.4, -0.2) is 24.2 Å².